The van der Waals surface area contributed by atoms with E-state index < -0.39 is 0 Å². The molecule has 1 unspecified atom stereocenters. The van der Waals surface area contributed by atoms with Gasteiger partial charge in [0.05, 0.1) is 0 Å². The van der Waals surface area contributed by atoms with E-state index in [2.05, 4.69) is 34.2 Å². The highest BCUT2D eigenvalue weighted by Gasteiger charge is 2.23. The minimum Gasteiger partial charge on any atom is -0.409 e. The largest absolute Gasteiger partial charge is 0.409 e. The molecule has 0 saturated heterocycles. The predicted octanol–water partition coefficient (Wildman–Crippen LogP) is 2.56. The second kappa shape index (κ2) is 6.02. The molecule has 5 heteroatoms. The fourth-order valence-corrected chi connectivity index (χ4v) is 2.26. The molecule has 4 N–H and O–H groups in total. The summed E-state index contributed by atoms with van der Waals surface area (Å²) < 4.78 is 0. The summed E-state index contributed by atoms with van der Waals surface area (Å²) in [5, 5.41) is 19.4. The van der Waals surface area contributed by atoms with Gasteiger partial charge in [0.1, 0.15) is 5.84 Å². The van der Waals surface area contributed by atoms with Crippen LogP contribution in [0.15, 0.2) is 22.0 Å². The standard InChI is InChI=1S/C12H21N3OS/c1-9(10-4-7-17-8-10)14-6-5-12(2,3)11(13)15-16/h4,7-9,14,16H,5-6H2,1-3H3,(H2,13,15). The molecule has 0 saturated carbocycles. The molecule has 1 aromatic heterocycles. The smallest absolute Gasteiger partial charge is 0.144 e. The highest BCUT2D eigenvalue weighted by atomic mass is 32.1. The van der Waals surface area contributed by atoms with E-state index in [-0.39, 0.29) is 11.3 Å². The van der Waals surface area contributed by atoms with Crippen LogP contribution < -0.4 is 11.1 Å². The first-order chi connectivity index (χ1) is 7.97. The van der Waals surface area contributed by atoms with Crippen molar-refractivity contribution in [1.82, 2.24) is 5.32 Å². The second-order valence-corrected chi connectivity index (χ2v) is 5.63. The minimum absolute atomic E-state index is 0.280. The third-order valence-electron chi connectivity index (χ3n) is 3.04. The zero-order valence-corrected chi connectivity index (χ0v) is 11.4. The van der Waals surface area contributed by atoms with Gasteiger partial charge < -0.3 is 16.3 Å². The van der Waals surface area contributed by atoms with Crippen LogP contribution in [0.4, 0.5) is 0 Å². The summed E-state index contributed by atoms with van der Waals surface area (Å²) in [5.74, 6) is 0.280. The van der Waals surface area contributed by atoms with Gasteiger partial charge in [-0.15, -0.1) is 0 Å². The normalized spacial score (nSPS) is 14.9. The quantitative estimate of drug-likeness (QED) is 0.317. The van der Waals surface area contributed by atoms with Crippen LogP contribution in [0.25, 0.3) is 0 Å². The number of thiophene rings is 1. The van der Waals surface area contributed by atoms with Gasteiger partial charge in [-0.1, -0.05) is 19.0 Å². The summed E-state index contributed by atoms with van der Waals surface area (Å²) in [6, 6.07) is 2.46. The molecule has 17 heavy (non-hydrogen) atoms. The average molecular weight is 255 g/mol. The summed E-state index contributed by atoms with van der Waals surface area (Å²) in [4.78, 5) is 0. The van der Waals surface area contributed by atoms with E-state index in [9.17, 15) is 0 Å². The number of hydrogen-bond acceptors (Lipinski definition) is 4. The lowest BCUT2D eigenvalue weighted by atomic mass is 9.88. The zero-order chi connectivity index (χ0) is 12.9. The fraction of sp³-hybridized carbons (Fsp3) is 0.583. The van der Waals surface area contributed by atoms with E-state index in [0.29, 0.717) is 6.04 Å². The summed E-state index contributed by atoms with van der Waals surface area (Å²) in [5.41, 5.74) is 6.66. The first-order valence-corrected chi connectivity index (χ1v) is 6.65. The van der Waals surface area contributed by atoms with Crippen molar-refractivity contribution < 1.29 is 5.21 Å². The van der Waals surface area contributed by atoms with Crippen LogP contribution in [0.5, 0.6) is 0 Å². The van der Waals surface area contributed by atoms with Crippen LogP contribution in [-0.2, 0) is 0 Å². The maximum Gasteiger partial charge on any atom is 0.144 e. The highest BCUT2D eigenvalue weighted by Crippen LogP contribution is 2.21. The van der Waals surface area contributed by atoms with E-state index in [0.717, 1.165) is 13.0 Å². The Kier molecular flexibility index (Phi) is 4.96. The van der Waals surface area contributed by atoms with Crippen LogP contribution in [-0.4, -0.2) is 17.6 Å². The molecule has 1 aromatic rings. The molecule has 0 fully saturated rings. The van der Waals surface area contributed by atoms with Crippen LogP contribution >= 0.6 is 11.3 Å². The topological polar surface area (TPSA) is 70.6 Å². The molecule has 1 heterocycles. The fourth-order valence-electron chi connectivity index (χ4n) is 1.50. The van der Waals surface area contributed by atoms with Crippen LogP contribution in [0.2, 0.25) is 0 Å². The average Bonchev–Trinajstić information content (AvgIpc) is 2.80. The van der Waals surface area contributed by atoms with Gasteiger partial charge in [0, 0.05) is 11.5 Å². The van der Waals surface area contributed by atoms with Crippen molar-refractivity contribution in [3.8, 4) is 0 Å². The Morgan fingerprint density at radius 3 is 2.88 bits per heavy atom. The monoisotopic (exact) mass is 255 g/mol. The number of hydrogen-bond donors (Lipinski definition) is 3. The summed E-state index contributed by atoms with van der Waals surface area (Å²) in [6.45, 7) is 6.91. The van der Waals surface area contributed by atoms with Crippen LogP contribution in [0.1, 0.15) is 38.8 Å². The number of oxime groups is 1. The molecule has 0 aliphatic carbocycles. The van der Waals surface area contributed by atoms with Gasteiger partial charge in [-0.25, -0.2) is 0 Å². The Balaban J connectivity index is 2.38. The van der Waals surface area contributed by atoms with E-state index in [1.807, 2.05) is 13.8 Å². The third kappa shape index (κ3) is 4.02. The Labute approximate surface area is 107 Å². The van der Waals surface area contributed by atoms with Crippen molar-refractivity contribution in [2.24, 2.45) is 16.3 Å². The number of nitrogens with two attached hydrogens (primary N) is 1. The molecular formula is C12H21N3OS. The van der Waals surface area contributed by atoms with Crippen molar-refractivity contribution in [2.45, 2.75) is 33.2 Å². The molecule has 0 aliphatic heterocycles. The van der Waals surface area contributed by atoms with E-state index in [4.69, 9.17) is 10.9 Å². The Hall–Kier alpha value is -1.07. The zero-order valence-electron chi connectivity index (χ0n) is 10.6. The molecule has 1 rings (SSSR count). The SMILES string of the molecule is CC(NCCC(C)(C)C(N)=NO)c1ccsc1. The number of nitrogens with zero attached hydrogens (tertiary/aromatic N) is 1. The maximum absolute atomic E-state index is 8.67. The van der Waals surface area contributed by atoms with Crippen molar-refractivity contribution >= 4 is 17.2 Å². The molecule has 4 nitrogen and oxygen atoms in total. The van der Waals surface area contributed by atoms with E-state index in [1.165, 1.54) is 5.56 Å². The molecule has 0 radical (unpaired) electrons. The predicted molar refractivity (Wildman–Crippen MR) is 72.5 cm³/mol. The van der Waals surface area contributed by atoms with Crippen molar-refractivity contribution in [3.63, 3.8) is 0 Å². The molecule has 0 aliphatic rings. The van der Waals surface area contributed by atoms with Crippen molar-refractivity contribution in [3.05, 3.63) is 22.4 Å². The summed E-state index contributed by atoms with van der Waals surface area (Å²) in [7, 11) is 0. The lowest BCUT2D eigenvalue weighted by Crippen LogP contribution is -2.35. The van der Waals surface area contributed by atoms with Crippen LogP contribution in [0.3, 0.4) is 0 Å². The van der Waals surface area contributed by atoms with Gasteiger partial charge in [-0.05, 0) is 42.3 Å². The molecule has 0 spiro atoms. The van der Waals surface area contributed by atoms with E-state index >= 15 is 0 Å². The molecule has 96 valence electrons. The lowest BCUT2D eigenvalue weighted by Gasteiger charge is -2.24. The first kappa shape index (κ1) is 14.0. The molecule has 0 aromatic carbocycles. The Morgan fingerprint density at radius 2 is 2.35 bits per heavy atom. The molecule has 0 amide bonds. The van der Waals surface area contributed by atoms with Gasteiger partial charge in [0.15, 0.2) is 0 Å². The number of amidine groups is 1. The van der Waals surface area contributed by atoms with Crippen molar-refractivity contribution in [2.75, 3.05) is 6.54 Å². The van der Waals surface area contributed by atoms with Gasteiger partial charge in [0.2, 0.25) is 0 Å². The third-order valence-corrected chi connectivity index (χ3v) is 3.75. The van der Waals surface area contributed by atoms with Crippen LogP contribution in [0, 0.1) is 5.41 Å². The Morgan fingerprint density at radius 1 is 1.65 bits per heavy atom. The van der Waals surface area contributed by atoms with Gasteiger partial charge in [-0.3, -0.25) is 0 Å². The van der Waals surface area contributed by atoms with Gasteiger partial charge in [0.25, 0.3) is 0 Å². The first-order valence-electron chi connectivity index (χ1n) is 5.71. The van der Waals surface area contributed by atoms with Gasteiger partial charge in [-0.2, -0.15) is 11.3 Å². The molecule has 1 atom stereocenters. The maximum atomic E-state index is 8.67. The number of rotatable bonds is 6. The lowest BCUT2D eigenvalue weighted by molar-refractivity contribution is 0.304. The van der Waals surface area contributed by atoms with Gasteiger partial charge >= 0.3 is 0 Å². The minimum atomic E-state index is -0.282. The van der Waals surface area contributed by atoms with Crippen molar-refractivity contribution in [1.29, 1.82) is 0 Å². The summed E-state index contributed by atoms with van der Waals surface area (Å²) in [6.07, 6.45) is 0.831. The number of nitrogens with one attached hydrogen (secondary N) is 1. The summed E-state index contributed by atoms with van der Waals surface area (Å²) >= 11 is 1.70. The molecular weight excluding hydrogens is 234 g/mol. The Bertz CT molecular complexity index is 360. The highest BCUT2D eigenvalue weighted by molar-refractivity contribution is 7.07. The molecule has 0 bridgehead atoms. The van der Waals surface area contributed by atoms with E-state index in [1.54, 1.807) is 11.3 Å². The second-order valence-electron chi connectivity index (χ2n) is 4.85.